The van der Waals surface area contributed by atoms with Gasteiger partial charge in [0, 0.05) is 36.8 Å². The standard InChI is InChI=1S/C24H24Cl2N6O/c1-14(2)16-4-7-23(29-12-16)27-8-9-28-24-22-11-20(15(3)33)31-32(22)13-21(30-24)18-6-5-17(25)10-19(18)26/h4-7,10-14H,8-9H2,1-3H3,(H,27,29)(H,28,30). The molecular formula is C24H24Cl2N6O. The fourth-order valence-electron chi connectivity index (χ4n) is 3.34. The van der Waals surface area contributed by atoms with Crippen LogP contribution in [0.3, 0.4) is 0 Å². The van der Waals surface area contributed by atoms with Crippen molar-refractivity contribution < 1.29 is 4.79 Å². The molecule has 9 heteroatoms. The van der Waals surface area contributed by atoms with E-state index in [2.05, 4.69) is 40.6 Å². The summed E-state index contributed by atoms with van der Waals surface area (Å²) in [5, 5.41) is 12.1. The molecule has 4 rings (SSSR count). The molecular weight excluding hydrogens is 459 g/mol. The summed E-state index contributed by atoms with van der Waals surface area (Å²) in [4.78, 5) is 21.1. The molecule has 33 heavy (non-hydrogen) atoms. The lowest BCUT2D eigenvalue weighted by Crippen LogP contribution is -2.16. The smallest absolute Gasteiger partial charge is 0.180 e. The highest BCUT2D eigenvalue weighted by Gasteiger charge is 2.15. The molecule has 3 heterocycles. The van der Waals surface area contributed by atoms with E-state index in [1.807, 2.05) is 18.3 Å². The summed E-state index contributed by atoms with van der Waals surface area (Å²) in [7, 11) is 0. The zero-order valence-corrected chi connectivity index (χ0v) is 20.1. The number of ketones is 1. The van der Waals surface area contributed by atoms with Gasteiger partial charge in [0.2, 0.25) is 0 Å². The first-order chi connectivity index (χ1) is 15.8. The number of hydrogen-bond acceptors (Lipinski definition) is 6. The van der Waals surface area contributed by atoms with Crippen LogP contribution in [0.4, 0.5) is 11.6 Å². The molecule has 0 aliphatic rings. The molecule has 0 saturated heterocycles. The molecule has 0 aliphatic heterocycles. The van der Waals surface area contributed by atoms with Crippen molar-refractivity contribution in [2.45, 2.75) is 26.7 Å². The maximum absolute atomic E-state index is 11.9. The number of halogens is 2. The highest BCUT2D eigenvalue weighted by atomic mass is 35.5. The van der Waals surface area contributed by atoms with Gasteiger partial charge in [0.15, 0.2) is 11.6 Å². The van der Waals surface area contributed by atoms with Gasteiger partial charge in [-0.25, -0.2) is 14.5 Å². The minimum Gasteiger partial charge on any atom is -0.368 e. The zero-order valence-electron chi connectivity index (χ0n) is 18.6. The number of anilines is 2. The first-order valence-electron chi connectivity index (χ1n) is 10.6. The van der Waals surface area contributed by atoms with Crippen LogP contribution >= 0.6 is 23.2 Å². The van der Waals surface area contributed by atoms with Crippen molar-refractivity contribution in [3.63, 3.8) is 0 Å². The number of benzene rings is 1. The van der Waals surface area contributed by atoms with E-state index >= 15 is 0 Å². The molecule has 0 saturated carbocycles. The van der Waals surface area contributed by atoms with E-state index in [1.165, 1.54) is 12.5 Å². The van der Waals surface area contributed by atoms with Crippen LogP contribution in [0.25, 0.3) is 16.8 Å². The molecule has 0 unspecified atom stereocenters. The summed E-state index contributed by atoms with van der Waals surface area (Å²) < 4.78 is 1.64. The second-order valence-corrected chi connectivity index (χ2v) is 8.84. The second-order valence-electron chi connectivity index (χ2n) is 8.00. The van der Waals surface area contributed by atoms with Gasteiger partial charge in [0.1, 0.15) is 17.0 Å². The third-order valence-corrected chi connectivity index (χ3v) is 5.75. The molecule has 0 atom stereocenters. The Kier molecular flexibility index (Phi) is 6.81. The van der Waals surface area contributed by atoms with Crippen molar-refractivity contribution in [2.24, 2.45) is 0 Å². The number of carbonyl (C=O) groups is 1. The molecule has 1 aromatic carbocycles. The first-order valence-corrected chi connectivity index (χ1v) is 11.4. The Balaban J connectivity index is 1.56. The molecule has 7 nitrogen and oxygen atoms in total. The molecule has 3 aromatic heterocycles. The highest BCUT2D eigenvalue weighted by molar-refractivity contribution is 6.36. The van der Waals surface area contributed by atoms with Gasteiger partial charge in [-0.15, -0.1) is 0 Å². The lowest BCUT2D eigenvalue weighted by molar-refractivity contribution is 0.101. The van der Waals surface area contributed by atoms with Gasteiger partial charge in [0.05, 0.1) is 16.9 Å². The number of Topliss-reactive ketones (excluding diaryl/α,β-unsaturated/α-hetero) is 1. The predicted octanol–water partition coefficient (Wildman–Crippen LogP) is 5.95. The summed E-state index contributed by atoms with van der Waals surface area (Å²) >= 11 is 12.4. The maximum Gasteiger partial charge on any atom is 0.180 e. The third-order valence-electron chi connectivity index (χ3n) is 5.20. The number of nitrogens with one attached hydrogen (secondary N) is 2. The topological polar surface area (TPSA) is 84.2 Å². The van der Waals surface area contributed by atoms with E-state index in [4.69, 9.17) is 28.2 Å². The minimum absolute atomic E-state index is 0.117. The van der Waals surface area contributed by atoms with Crippen LogP contribution in [0.1, 0.15) is 42.7 Å². The monoisotopic (exact) mass is 482 g/mol. The lowest BCUT2D eigenvalue weighted by atomic mass is 10.1. The van der Waals surface area contributed by atoms with Gasteiger partial charge >= 0.3 is 0 Å². The van der Waals surface area contributed by atoms with Crippen LogP contribution in [-0.2, 0) is 0 Å². The number of hydrogen-bond donors (Lipinski definition) is 2. The fraction of sp³-hybridized carbons (Fsp3) is 0.250. The molecule has 0 aliphatic carbocycles. The summed E-state index contributed by atoms with van der Waals surface area (Å²) in [6.07, 6.45) is 3.64. The summed E-state index contributed by atoms with van der Waals surface area (Å²) in [6.45, 7) is 6.97. The Morgan fingerprint density at radius 3 is 2.55 bits per heavy atom. The summed E-state index contributed by atoms with van der Waals surface area (Å²) in [5.41, 5.74) is 3.60. The second kappa shape index (κ2) is 9.77. The molecule has 0 amide bonds. The quantitative estimate of drug-likeness (QED) is 0.238. The number of fused-ring (bicyclic) bond motifs is 1. The molecule has 0 radical (unpaired) electrons. The Hall–Kier alpha value is -3.16. The average Bonchev–Trinajstić information content (AvgIpc) is 3.22. The Labute approximate surface area is 202 Å². The molecule has 0 fully saturated rings. The SMILES string of the molecule is CC(=O)c1cc2c(NCCNc3ccc(C(C)C)cn3)nc(-c3ccc(Cl)cc3Cl)cn2n1. The Morgan fingerprint density at radius 2 is 1.88 bits per heavy atom. The molecule has 4 aromatic rings. The van der Waals surface area contributed by atoms with Gasteiger partial charge in [-0.05, 0) is 41.8 Å². The van der Waals surface area contributed by atoms with Gasteiger partial charge in [-0.3, -0.25) is 4.79 Å². The van der Waals surface area contributed by atoms with Gasteiger partial charge in [-0.1, -0.05) is 43.1 Å². The van der Waals surface area contributed by atoms with Crippen molar-refractivity contribution in [3.8, 4) is 11.3 Å². The van der Waals surface area contributed by atoms with E-state index in [0.717, 1.165) is 11.4 Å². The van der Waals surface area contributed by atoms with Gasteiger partial charge < -0.3 is 10.6 Å². The van der Waals surface area contributed by atoms with Crippen LogP contribution in [0.5, 0.6) is 0 Å². The largest absolute Gasteiger partial charge is 0.368 e. The van der Waals surface area contributed by atoms with Gasteiger partial charge in [0.25, 0.3) is 0 Å². The van der Waals surface area contributed by atoms with Crippen molar-refractivity contribution in [3.05, 3.63) is 70.1 Å². The Bertz CT molecular complexity index is 1300. The third kappa shape index (κ3) is 5.26. The van der Waals surface area contributed by atoms with Crippen LogP contribution in [0, 0.1) is 0 Å². The maximum atomic E-state index is 11.9. The van der Waals surface area contributed by atoms with Crippen LogP contribution in [-0.4, -0.2) is 38.5 Å². The minimum atomic E-state index is -0.117. The zero-order chi connectivity index (χ0) is 23.5. The van der Waals surface area contributed by atoms with Crippen molar-refractivity contribution in [1.29, 1.82) is 0 Å². The first kappa shape index (κ1) is 23.0. The van der Waals surface area contributed by atoms with Crippen LogP contribution in [0.2, 0.25) is 10.0 Å². The molecule has 2 N–H and O–H groups in total. The van der Waals surface area contributed by atoms with E-state index in [0.29, 0.717) is 51.8 Å². The molecule has 0 bridgehead atoms. The van der Waals surface area contributed by atoms with Crippen molar-refractivity contribution in [1.82, 2.24) is 19.6 Å². The number of aromatic nitrogens is 4. The molecule has 170 valence electrons. The van der Waals surface area contributed by atoms with Crippen LogP contribution in [0.15, 0.2) is 48.8 Å². The summed E-state index contributed by atoms with van der Waals surface area (Å²) in [5.74, 6) is 1.74. The fourth-order valence-corrected chi connectivity index (χ4v) is 3.85. The van der Waals surface area contributed by atoms with Crippen molar-refractivity contribution in [2.75, 3.05) is 23.7 Å². The van der Waals surface area contributed by atoms with Crippen LogP contribution < -0.4 is 10.6 Å². The number of nitrogens with zero attached hydrogens (tertiary/aromatic N) is 4. The van der Waals surface area contributed by atoms with Gasteiger partial charge in [-0.2, -0.15) is 5.10 Å². The lowest BCUT2D eigenvalue weighted by Gasteiger charge is -2.12. The summed E-state index contributed by atoms with van der Waals surface area (Å²) in [6, 6.07) is 11.0. The van der Waals surface area contributed by atoms with E-state index in [9.17, 15) is 4.79 Å². The van der Waals surface area contributed by atoms with E-state index in [1.54, 1.807) is 28.9 Å². The normalized spacial score (nSPS) is 11.2. The number of carbonyl (C=O) groups excluding carboxylic acids is 1. The average molecular weight is 483 g/mol. The van der Waals surface area contributed by atoms with E-state index in [-0.39, 0.29) is 5.78 Å². The molecule has 0 spiro atoms. The Morgan fingerprint density at radius 1 is 1.09 bits per heavy atom. The van der Waals surface area contributed by atoms with Crippen molar-refractivity contribution >= 4 is 46.1 Å². The number of pyridine rings is 1. The predicted molar refractivity (Wildman–Crippen MR) is 134 cm³/mol. The highest BCUT2D eigenvalue weighted by Crippen LogP contribution is 2.31. The number of rotatable bonds is 8. The van der Waals surface area contributed by atoms with E-state index < -0.39 is 0 Å².